The van der Waals surface area contributed by atoms with Gasteiger partial charge in [0.2, 0.25) is 0 Å². The molecular weight excluding hydrogens is 304 g/mol. The molecule has 134 valence electrons. The Hall–Kier alpha value is -0.280. The minimum absolute atomic E-state index is 0.106. The van der Waals surface area contributed by atoms with E-state index in [9.17, 15) is 5.11 Å². The molecule has 3 heterocycles. The number of fused-ring (bicyclic) bond motifs is 1. The summed E-state index contributed by atoms with van der Waals surface area (Å²) in [7, 11) is 0. The highest BCUT2D eigenvalue weighted by Crippen LogP contribution is 2.42. The first-order valence-corrected chi connectivity index (χ1v) is 8.13. The number of aliphatic hydroxyl groups excluding tert-OH is 1. The fourth-order valence-electron chi connectivity index (χ4n) is 3.22. The standard InChI is InChI=1S/C16H28O7/c1-14(2,8-17)21-11-10(9-7-18-15(3,4)20-9)19-13-12(11)22-16(5,6)23-13/h9-13,17H,7-8H2,1-6H3/t9-,10-,11-,12?,13-/m1/s1. The molecule has 0 saturated carbocycles. The smallest absolute Gasteiger partial charge is 0.190 e. The molecule has 3 fully saturated rings. The fraction of sp³-hybridized carbons (Fsp3) is 1.00. The molecule has 23 heavy (non-hydrogen) atoms. The maximum atomic E-state index is 9.54. The van der Waals surface area contributed by atoms with Crippen molar-refractivity contribution in [2.45, 2.75) is 89.4 Å². The third kappa shape index (κ3) is 3.56. The van der Waals surface area contributed by atoms with Crippen molar-refractivity contribution >= 4 is 0 Å². The van der Waals surface area contributed by atoms with Crippen molar-refractivity contribution in [1.82, 2.24) is 0 Å². The number of hydrogen-bond acceptors (Lipinski definition) is 7. The molecule has 1 unspecified atom stereocenters. The number of hydrogen-bond donors (Lipinski definition) is 1. The summed E-state index contributed by atoms with van der Waals surface area (Å²) in [5.41, 5.74) is -0.716. The van der Waals surface area contributed by atoms with E-state index in [0.717, 1.165) is 0 Å². The van der Waals surface area contributed by atoms with E-state index in [4.69, 9.17) is 28.4 Å². The molecular formula is C16H28O7. The van der Waals surface area contributed by atoms with Crippen molar-refractivity contribution in [3.8, 4) is 0 Å². The van der Waals surface area contributed by atoms with Crippen LogP contribution in [-0.2, 0) is 28.4 Å². The first-order chi connectivity index (χ1) is 10.5. The molecule has 0 aliphatic carbocycles. The van der Waals surface area contributed by atoms with Crippen LogP contribution in [0.5, 0.6) is 0 Å². The molecule has 3 rings (SSSR count). The minimum Gasteiger partial charge on any atom is -0.393 e. The Balaban J connectivity index is 1.79. The van der Waals surface area contributed by atoms with Crippen LogP contribution in [0.3, 0.4) is 0 Å². The second-order valence-corrected chi connectivity index (χ2v) is 7.94. The lowest BCUT2D eigenvalue weighted by atomic mass is 10.0. The highest BCUT2D eigenvalue weighted by molar-refractivity contribution is 4.99. The van der Waals surface area contributed by atoms with Crippen molar-refractivity contribution < 1.29 is 33.5 Å². The lowest BCUT2D eigenvalue weighted by Gasteiger charge is -2.34. The van der Waals surface area contributed by atoms with Crippen LogP contribution in [-0.4, -0.2) is 66.2 Å². The number of aliphatic hydroxyl groups is 1. The van der Waals surface area contributed by atoms with Gasteiger partial charge in [-0.2, -0.15) is 0 Å². The third-order valence-corrected chi connectivity index (χ3v) is 4.26. The van der Waals surface area contributed by atoms with Gasteiger partial charge in [0.05, 0.1) is 18.8 Å². The Bertz CT molecular complexity index is 448. The van der Waals surface area contributed by atoms with Gasteiger partial charge in [-0.1, -0.05) is 0 Å². The topological polar surface area (TPSA) is 75.6 Å². The summed E-state index contributed by atoms with van der Waals surface area (Å²) in [5, 5.41) is 9.54. The normalized spacial score (nSPS) is 42.1. The first kappa shape index (κ1) is 17.5. The SMILES string of the molecule is CC(C)(CO)O[C@H]1C2OC(C)(C)O[C@H]2O[C@@H]1[C@H]1COC(C)(C)O1. The van der Waals surface area contributed by atoms with E-state index < -0.39 is 29.6 Å². The molecule has 0 aromatic rings. The molecule has 0 radical (unpaired) electrons. The van der Waals surface area contributed by atoms with E-state index in [-0.39, 0.29) is 24.9 Å². The molecule has 1 N–H and O–H groups in total. The number of rotatable bonds is 4. The summed E-state index contributed by atoms with van der Waals surface area (Å²) in [4.78, 5) is 0. The van der Waals surface area contributed by atoms with Crippen molar-refractivity contribution in [2.24, 2.45) is 0 Å². The number of ether oxygens (including phenoxy) is 6. The molecule has 7 heteroatoms. The van der Waals surface area contributed by atoms with Crippen LogP contribution in [0.4, 0.5) is 0 Å². The Kier molecular flexibility index (Phi) is 4.29. The molecule has 0 aromatic carbocycles. The van der Waals surface area contributed by atoms with Gasteiger partial charge < -0.3 is 33.5 Å². The van der Waals surface area contributed by atoms with Gasteiger partial charge in [-0.15, -0.1) is 0 Å². The first-order valence-electron chi connectivity index (χ1n) is 8.13. The van der Waals surface area contributed by atoms with Crippen molar-refractivity contribution in [3.05, 3.63) is 0 Å². The minimum atomic E-state index is -0.725. The molecule has 0 aromatic heterocycles. The summed E-state index contributed by atoms with van der Waals surface area (Å²) in [6, 6.07) is 0. The zero-order valence-corrected chi connectivity index (χ0v) is 14.7. The Morgan fingerprint density at radius 3 is 2.30 bits per heavy atom. The maximum absolute atomic E-state index is 9.54. The van der Waals surface area contributed by atoms with Crippen LogP contribution in [0, 0.1) is 0 Å². The average molecular weight is 332 g/mol. The molecule has 3 saturated heterocycles. The van der Waals surface area contributed by atoms with Crippen LogP contribution in [0.2, 0.25) is 0 Å². The van der Waals surface area contributed by atoms with Crippen molar-refractivity contribution in [1.29, 1.82) is 0 Å². The molecule has 0 spiro atoms. The fourth-order valence-corrected chi connectivity index (χ4v) is 3.22. The van der Waals surface area contributed by atoms with Gasteiger partial charge in [-0.3, -0.25) is 0 Å². The molecule has 0 amide bonds. The van der Waals surface area contributed by atoms with E-state index in [0.29, 0.717) is 6.61 Å². The third-order valence-electron chi connectivity index (χ3n) is 4.26. The van der Waals surface area contributed by atoms with Gasteiger partial charge in [0.1, 0.15) is 24.4 Å². The van der Waals surface area contributed by atoms with Gasteiger partial charge >= 0.3 is 0 Å². The van der Waals surface area contributed by atoms with Crippen LogP contribution in [0.25, 0.3) is 0 Å². The Morgan fingerprint density at radius 2 is 1.74 bits per heavy atom. The van der Waals surface area contributed by atoms with Gasteiger partial charge in [0, 0.05) is 0 Å². The maximum Gasteiger partial charge on any atom is 0.190 e. The largest absolute Gasteiger partial charge is 0.393 e. The van der Waals surface area contributed by atoms with Gasteiger partial charge in [0.25, 0.3) is 0 Å². The van der Waals surface area contributed by atoms with E-state index in [1.165, 1.54) is 0 Å². The molecule has 0 bridgehead atoms. The average Bonchev–Trinajstić information content (AvgIpc) is 3.01. The molecule has 3 aliphatic heterocycles. The quantitative estimate of drug-likeness (QED) is 0.828. The molecule has 3 aliphatic rings. The summed E-state index contributed by atoms with van der Waals surface area (Å²) in [5.74, 6) is -1.37. The predicted molar refractivity (Wildman–Crippen MR) is 79.6 cm³/mol. The summed E-state index contributed by atoms with van der Waals surface area (Å²) in [6.45, 7) is 11.4. The highest BCUT2D eigenvalue weighted by Gasteiger charge is 2.59. The molecule has 5 atom stereocenters. The van der Waals surface area contributed by atoms with E-state index in [2.05, 4.69) is 0 Å². The van der Waals surface area contributed by atoms with Crippen LogP contribution in [0.1, 0.15) is 41.5 Å². The Labute approximate surface area is 137 Å². The summed E-state index contributed by atoms with van der Waals surface area (Å²) < 4.78 is 35.5. The van der Waals surface area contributed by atoms with Gasteiger partial charge in [0.15, 0.2) is 17.9 Å². The Morgan fingerprint density at radius 1 is 1.04 bits per heavy atom. The zero-order valence-electron chi connectivity index (χ0n) is 14.7. The van der Waals surface area contributed by atoms with E-state index >= 15 is 0 Å². The monoisotopic (exact) mass is 332 g/mol. The van der Waals surface area contributed by atoms with E-state index in [1.54, 1.807) is 0 Å². The highest BCUT2D eigenvalue weighted by atomic mass is 16.8. The summed E-state index contributed by atoms with van der Waals surface area (Å²) in [6.07, 6.45) is -1.94. The van der Waals surface area contributed by atoms with Gasteiger partial charge in [-0.25, -0.2) is 0 Å². The van der Waals surface area contributed by atoms with Gasteiger partial charge in [-0.05, 0) is 41.5 Å². The van der Waals surface area contributed by atoms with E-state index in [1.807, 2.05) is 41.5 Å². The van der Waals surface area contributed by atoms with Crippen molar-refractivity contribution in [2.75, 3.05) is 13.2 Å². The predicted octanol–water partition coefficient (Wildman–Crippen LogP) is 1.17. The van der Waals surface area contributed by atoms with Crippen LogP contribution >= 0.6 is 0 Å². The zero-order chi connectivity index (χ0) is 17.0. The van der Waals surface area contributed by atoms with Crippen molar-refractivity contribution in [3.63, 3.8) is 0 Å². The molecule has 7 nitrogen and oxygen atoms in total. The second-order valence-electron chi connectivity index (χ2n) is 7.94. The lowest BCUT2D eigenvalue weighted by molar-refractivity contribution is -0.245. The lowest BCUT2D eigenvalue weighted by Crippen LogP contribution is -2.48. The van der Waals surface area contributed by atoms with Crippen LogP contribution in [0.15, 0.2) is 0 Å². The summed E-state index contributed by atoms with van der Waals surface area (Å²) >= 11 is 0. The van der Waals surface area contributed by atoms with Crippen LogP contribution < -0.4 is 0 Å². The second kappa shape index (κ2) is 5.62.